The van der Waals surface area contributed by atoms with E-state index in [1.807, 2.05) is 49.0 Å². The molecule has 0 aliphatic heterocycles. The number of hydrogen-bond donors (Lipinski definition) is 1. The van der Waals surface area contributed by atoms with Crippen LogP contribution in [0.3, 0.4) is 0 Å². The minimum atomic E-state index is 0.527. The van der Waals surface area contributed by atoms with E-state index in [0.29, 0.717) is 13.2 Å². The molecule has 0 bridgehead atoms. The van der Waals surface area contributed by atoms with Gasteiger partial charge in [-0.1, -0.05) is 12.1 Å². The second kappa shape index (κ2) is 5.01. The molecule has 0 aliphatic rings. The summed E-state index contributed by atoms with van der Waals surface area (Å²) in [7, 11) is 1.92. The Morgan fingerprint density at radius 1 is 1.29 bits per heavy atom. The van der Waals surface area contributed by atoms with Crippen molar-refractivity contribution in [2.75, 3.05) is 0 Å². The molecule has 0 amide bonds. The fourth-order valence-electron chi connectivity index (χ4n) is 1.68. The fraction of sp³-hybridized carbons (Fsp3) is 0.308. The van der Waals surface area contributed by atoms with E-state index in [-0.39, 0.29) is 0 Å². The van der Waals surface area contributed by atoms with Crippen LogP contribution in [-0.2, 0) is 20.2 Å². The van der Waals surface area contributed by atoms with Crippen LogP contribution >= 0.6 is 0 Å². The first kappa shape index (κ1) is 11.7. The molecule has 2 aromatic rings. The minimum absolute atomic E-state index is 0.527. The van der Waals surface area contributed by atoms with Crippen molar-refractivity contribution in [3.63, 3.8) is 0 Å². The maximum atomic E-state index is 5.68. The quantitative estimate of drug-likeness (QED) is 0.872. The van der Waals surface area contributed by atoms with Crippen molar-refractivity contribution in [2.24, 2.45) is 12.8 Å². The standard InChI is InChI=1S/C13H17N3O/c1-10-7-12(16(2)15-10)9-17-13-5-3-11(8-14)4-6-13/h3-7H,8-9,14H2,1-2H3. The molecule has 4 nitrogen and oxygen atoms in total. The van der Waals surface area contributed by atoms with Crippen molar-refractivity contribution in [1.29, 1.82) is 0 Å². The van der Waals surface area contributed by atoms with Crippen LogP contribution < -0.4 is 10.5 Å². The number of nitrogens with two attached hydrogens (primary N) is 1. The summed E-state index contributed by atoms with van der Waals surface area (Å²) < 4.78 is 7.52. The normalized spacial score (nSPS) is 10.5. The van der Waals surface area contributed by atoms with Gasteiger partial charge in [0, 0.05) is 13.6 Å². The molecule has 0 atom stereocenters. The highest BCUT2D eigenvalue weighted by molar-refractivity contribution is 5.27. The summed E-state index contributed by atoms with van der Waals surface area (Å²) in [5.41, 5.74) is 8.71. The third kappa shape index (κ3) is 2.85. The topological polar surface area (TPSA) is 53.1 Å². The van der Waals surface area contributed by atoms with Crippen molar-refractivity contribution >= 4 is 0 Å². The van der Waals surface area contributed by atoms with Gasteiger partial charge in [-0.3, -0.25) is 4.68 Å². The molecule has 1 aromatic heterocycles. The van der Waals surface area contributed by atoms with E-state index in [9.17, 15) is 0 Å². The van der Waals surface area contributed by atoms with E-state index in [2.05, 4.69) is 5.10 Å². The van der Waals surface area contributed by atoms with Gasteiger partial charge in [0.2, 0.25) is 0 Å². The van der Waals surface area contributed by atoms with Crippen LogP contribution in [0, 0.1) is 6.92 Å². The lowest BCUT2D eigenvalue weighted by Gasteiger charge is -2.06. The number of aryl methyl sites for hydroxylation is 2. The molecule has 4 heteroatoms. The Morgan fingerprint density at radius 2 is 2.00 bits per heavy atom. The molecule has 17 heavy (non-hydrogen) atoms. The summed E-state index contributed by atoms with van der Waals surface area (Å²) in [6, 6.07) is 9.85. The van der Waals surface area contributed by atoms with E-state index in [4.69, 9.17) is 10.5 Å². The van der Waals surface area contributed by atoms with E-state index in [1.165, 1.54) is 0 Å². The van der Waals surface area contributed by atoms with Gasteiger partial charge in [0.1, 0.15) is 12.4 Å². The van der Waals surface area contributed by atoms with Crippen LogP contribution in [-0.4, -0.2) is 9.78 Å². The molecule has 0 radical (unpaired) electrons. The van der Waals surface area contributed by atoms with E-state index < -0.39 is 0 Å². The highest BCUT2D eigenvalue weighted by atomic mass is 16.5. The van der Waals surface area contributed by atoms with Crippen LogP contribution in [0.2, 0.25) is 0 Å². The fourth-order valence-corrected chi connectivity index (χ4v) is 1.68. The Kier molecular flexibility index (Phi) is 3.44. The second-order valence-electron chi connectivity index (χ2n) is 4.04. The number of rotatable bonds is 4. The first-order valence-corrected chi connectivity index (χ1v) is 5.60. The molecular formula is C13H17N3O. The highest BCUT2D eigenvalue weighted by Crippen LogP contribution is 2.14. The largest absolute Gasteiger partial charge is 0.487 e. The van der Waals surface area contributed by atoms with Crippen molar-refractivity contribution in [1.82, 2.24) is 9.78 Å². The van der Waals surface area contributed by atoms with Crippen LogP contribution in [0.5, 0.6) is 5.75 Å². The summed E-state index contributed by atoms with van der Waals surface area (Å²) in [6.45, 7) is 3.06. The molecule has 1 heterocycles. The van der Waals surface area contributed by atoms with Gasteiger partial charge in [0.25, 0.3) is 0 Å². The van der Waals surface area contributed by atoms with E-state index in [1.54, 1.807) is 0 Å². The molecule has 0 unspecified atom stereocenters. The Labute approximate surface area is 101 Å². The predicted molar refractivity (Wildman–Crippen MR) is 66.6 cm³/mol. The number of benzene rings is 1. The number of ether oxygens (including phenoxy) is 1. The van der Waals surface area contributed by atoms with Crippen LogP contribution in [0.25, 0.3) is 0 Å². The van der Waals surface area contributed by atoms with Gasteiger partial charge in [-0.15, -0.1) is 0 Å². The van der Waals surface area contributed by atoms with Gasteiger partial charge < -0.3 is 10.5 Å². The van der Waals surface area contributed by atoms with Crippen molar-refractivity contribution in [3.8, 4) is 5.75 Å². The van der Waals surface area contributed by atoms with Crippen molar-refractivity contribution < 1.29 is 4.74 Å². The lowest BCUT2D eigenvalue weighted by Crippen LogP contribution is -2.03. The monoisotopic (exact) mass is 231 g/mol. The van der Waals surface area contributed by atoms with Gasteiger partial charge in [-0.2, -0.15) is 5.10 Å². The first-order chi connectivity index (χ1) is 8.19. The number of hydrogen-bond acceptors (Lipinski definition) is 3. The molecule has 90 valence electrons. The summed E-state index contributed by atoms with van der Waals surface area (Å²) in [5, 5.41) is 4.27. The SMILES string of the molecule is Cc1cc(COc2ccc(CN)cc2)n(C)n1. The molecule has 0 fully saturated rings. The van der Waals surface area contributed by atoms with Crippen molar-refractivity contribution in [2.45, 2.75) is 20.1 Å². The Balaban J connectivity index is 1.99. The number of aromatic nitrogens is 2. The third-order valence-corrected chi connectivity index (χ3v) is 2.64. The molecule has 0 spiro atoms. The zero-order valence-electron chi connectivity index (χ0n) is 10.2. The highest BCUT2D eigenvalue weighted by Gasteiger charge is 2.02. The summed E-state index contributed by atoms with van der Waals surface area (Å²) in [6.07, 6.45) is 0. The lowest BCUT2D eigenvalue weighted by atomic mass is 10.2. The third-order valence-electron chi connectivity index (χ3n) is 2.64. The zero-order valence-corrected chi connectivity index (χ0v) is 10.2. The predicted octanol–water partition coefficient (Wildman–Crippen LogP) is 1.77. The van der Waals surface area contributed by atoms with Gasteiger partial charge in [0.15, 0.2) is 0 Å². The zero-order chi connectivity index (χ0) is 12.3. The Bertz CT molecular complexity index is 488. The summed E-state index contributed by atoms with van der Waals surface area (Å²) in [5.74, 6) is 0.848. The Morgan fingerprint density at radius 3 is 2.53 bits per heavy atom. The number of nitrogens with zero attached hydrogens (tertiary/aromatic N) is 2. The average molecular weight is 231 g/mol. The van der Waals surface area contributed by atoms with Gasteiger partial charge in [0.05, 0.1) is 11.4 Å². The molecule has 2 N–H and O–H groups in total. The molecule has 2 rings (SSSR count). The van der Waals surface area contributed by atoms with E-state index >= 15 is 0 Å². The molecule has 1 aromatic carbocycles. The van der Waals surface area contributed by atoms with Crippen molar-refractivity contribution in [3.05, 3.63) is 47.3 Å². The molecule has 0 aliphatic carbocycles. The van der Waals surface area contributed by atoms with E-state index in [0.717, 1.165) is 22.7 Å². The molecule has 0 saturated carbocycles. The molecule has 0 saturated heterocycles. The summed E-state index contributed by atoms with van der Waals surface area (Å²) in [4.78, 5) is 0. The first-order valence-electron chi connectivity index (χ1n) is 5.60. The lowest BCUT2D eigenvalue weighted by molar-refractivity contribution is 0.295. The van der Waals surface area contributed by atoms with Crippen LogP contribution in [0.4, 0.5) is 0 Å². The average Bonchev–Trinajstić information content (AvgIpc) is 2.66. The van der Waals surface area contributed by atoms with Gasteiger partial charge in [-0.05, 0) is 30.7 Å². The van der Waals surface area contributed by atoms with Crippen LogP contribution in [0.15, 0.2) is 30.3 Å². The maximum Gasteiger partial charge on any atom is 0.130 e. The van der Waals surface area contributed by atoms with Gasteiger partial charge in [-0.25, -0.2) is 0 Å². The molecular weight excluding hydrogens is 214 g/mol. The maximum absolute atomic E-state index is 5.68. The Hall–Kier alpha value is -1.81. The summed E-state index contributed by atoms with van der Waals surface area (Å²) >= 11 is 0. The van der Waals surface area contributed by atoms with Crippen LogP contribution in [0.1, 0.15) is 17.0 Å². The van der Waals surface area contributed by atoms with Gasteiger partial charge >= 0.3 is 0 Å². The minimum Gasteiger partial charge on any atom is -0.487 e. The smallest absolute Gasteiger partial charge is 0.130 e. The second-order valence-corrected chi connectivity index (χ2v) is 4.04.